The molecule has 0 amide bonds. The molecule has 5 aliphatic rings. The lowest BCUT2D eigenvalue weighted by molar-refractivity contribution is -0.802. The lowest BCUT2D eigenvalue weighted by atomic mass is 9.69. The quantitative estimate of drug-likeness (QED) is 0.299. The second-order valence-electron chi connectivity index (χ2n) is 14.5. The predicted molar refractivity (Wildman–Crippen MR) is 168 cm³/mol. The third-order valence-electron chi connectivity index (χ3n) is 12.1. The number of fused-ring (bicyclic) bond motifs is 2. The summed E-state index contributed by atoms with van der Waals surface area (Å²) in [5.74, 6) is 2.99. The Balaban J connectivity index is 1.27. The normalized spacial score (nSPS) is 32.9. The summed E-state index contributed by atoms with van der Waals surface area (Å²) in [7, 11) is -1.98. The van der Waals surface area contributed by atoms with Crippen LogP contribution < -0.4 is 4.74 Å². The van der Waals surface area contributed by atoms with Crippen molar-refractivity contribution in [2.45, 2.75) is 134 Å². The maximum atomic E-state index is 14.8. The number of hydrogen-bond acceptors (Lipinski definition) is 7. The highest BCUT2D eigenvalue weighted by Crippen LogP contribution is 2.67. The molecule has 44 heavy (non-hydrogen) atoms. The van der Waals surface area contributed by atoms with Gasteiger partial charge in [-0.3, -0.25) is 5.41 Å². The topological polar surface area (TPSA) is 109 Å². The van der Waals surface area contributed by atoms with Crippen molar-refractivity contribution in [3.8, 4) is 5.75 Å². The minimum Gasteiger partial charge on any atom is -0.497 e. The monoisotopic (exact) mass is 628 g/mol. The van der Waals surface area contributed by atoms with E-state index in [2.05, 4.69) is 19.7 Å². The summed E-state index contributed by atoms with van der Waals surface area (Å²) in [6.45, 7) is 4.46. The van der Waals surface area contributed by atoms with E-state index in [1.165, 1.54) is 12.8 Å². The molecule has 5 atom stereocenters. The highest BCUT2D eigenvalue weighted by atomic mass is 32.2. The van der Waals surface area contributed by atoms with E-state index in [0.29, 0.717) is 23.0 Å². The molecule has 1 heterocycles. The molecule has 4 saturated carbocycles. The molecule has 6 rings (SSSR count). The summed E-state index contributed by atoms with van der Waals surface area (Å²) in [5, 5.41) is 7.79. The Kier molecular flexibility index (Phi) is 9.01. The van der Waals surface area contributed by atoms with Crippen LogP contribution in [0, 0.1) is 27.1 Å². The van der Waals surface area contributed by atoms with Crippen molar-refractivity contribution in [1.29, 1.82) is 5.41 Å². The van der Waals surface area contributed by atoms with Crippen molar-refractivity contribution in [2.75, 3.05) is 12.9 Å². The zero-order chi connectivity index (χ0) is 31.1. The number of nitrogens with zero attached hydrogens (tertiary/aromatic N) is 2. The Hall–Kier alpha value is -2.26. The van der Waals surface area contributed by atoms with Gasteiger partial charge in [-0.15, -0.1) is 0 Å². The minimum atomic E-state index is -3.59. The summed E-state index contributed by atoms with van der Waals surface area (Å²) in [5.41, 5.74) is 0.148. The molecule has 242 valence electrons. The number of nitrogens with one attached hydrogen (secondary N) is 1. The lowest BCUT2D eigenvalue weighted by Gasteiger charge is -2.46. The standard InChI is InChI=1S/C34H50N3O6S/c1-33(2)25-18-19-34(33,23-44(39,40)36(26-10-6-4-7-11-26)27-12-8-5-9-13-27)31(20-25)42-32-21-29(30(22-35)37(38)43-32)24-14-16-28(41-3)17-15-24/h14-17,25-27,29,31-32,35H,4-13,18-21,23H2,1-3H3/q+1/t25-,29-,31-,32+,34-/m1/s1. The Morgan fingerprint density at radius 2 is 1.59 bits per heavy atom. The molecule has 0 radical (unpaired) electrons. The lowest BCUT2D eigenvalue weighted by Crippen LogP contribution is -2.55. The van der Waals surface area contributed by atoms with Crippen LogP contribution in [0.15, 0.2) is 30.0 Å². The van der Waals surface area contributed by atoms with Crippen LogP contribution in [0.5, 0.6) is 5.75 Å². The SMILES string of the molecule is COc1ccc([C@H]2C[C@@H](O[C@@H]3C[C@H]4CC[C@]3(CS(=O)(=O)N(C3CCCCC3)C3CCCCC3)C4(C)C)O[N+](=O)C2=C=N)cc1. The number of hydrogen-bond donors (Lipinski definition) is 1. The van der Waals surface area contributed by atoms with Gasteiger partial charge in [-0.25, -0.2) is 8.42 Å². The Bertz CT molecular complexity index is 1340. The molecular weight excluding hydrogens is 578 g/mol. The Morgan fingerprint density at radius 1 is 0.977 bits per heavy atom. The zero-order valence-electron chi connectivity index (χ0n) is 26.6. The van der Waals surface area contributed by atoms with Gasteiger partial charge >= 0.3 is 5.70 Å². The van der Waals surface area contributed by atoms with Gasteiger partial charge < -0.3 is 9.47 Å². The van der Waals surface area contributed by atoms with Gasteiger partial charge in [0.15, 0.2) is 0 Å². The summed E-state index contributed by atoms with van der Waals surface area (Å²) in [6, 6.07) is 7.64. The van der Waals surface area contributed by atoms with Crippen LogP contribution in [-0.2, 0) is 19.6 Å². The first-order chi connectivity index (χ1) is 21.1. The van der Waals surface area contributed by atoms with E-state index in [4.69, 9.17) is 19.7 Å². The zero-order valence-corrected chi connectivity index (χ0v) is 27.4. The van der Waals surface area contributed by atoms with Crippen LogP contribution in [0.1, 0.15) is 115 Å². The maximum Gasteiger partial charge on any atom is 0.361 e. The highest BCUT2D eigenvalue weighted by molar-refractivity contribution is 7.89. The van der Waals surface area contributed by atoms with E-state index in [9.17, 15) is 13.3 Å². The molecule has 1 N–H and O–H groups in total. The summed E-state index contributed by atoms with van der Waals surface area (Å²) in [6.07, 6.45) is 12.3. The molecule has 10 heteroatoms. The molecule has 5 fully saturated rings. The molecule has 1 saturated heterocycles. The molecular formula is C34H50N3O6S+. The van der Waals surface area contributed by atoms with Crippen LogP contribution in [0.2, 0.25) is 0 Å². The maximum absolute atomic E-state index is 14.8. The third kappa shape index (κ3) is 5.65. The number of benzene rings is 1. The van der Waals surface area contributed by atoms with Crippen LogP contribution >= 0.6 is 0 Å². The average molecular weight is 629 g/mol. The first-order valence-corrected chi connectivity index (χ1v) is 18.4. The van der Waals surface area contributed by atoms with E-state index in [0.717, 1.165) is 76.2 Å². The fraction of sp³-hybridized carbons (Fsp3) is 0.765. The summed E-state index contributed by atoms with van der Waals surface area (Å²) in [4.78, 5) is 19.1. The van der Waals surface area contributed by atoms with E-state index < -0.39 is 27.6 Å². The van der Waals surface area contributed by atoms with Gasteiger partial charge in [-0.2, -0.15) is 9.14 Å². The fourth-order valence-corrected chi connectivity index (χ4v) is 12.4. The van der Waals surface area contributed by atoms with E-state index in [1.807, 2.05) is 28.6 Å². The molecule has 0 unspecified atom stereocenters. The number of allylic oxidation sites excluding steroid dienone is 1. The number of methoxy groups -OCH3 is 1. The molecule has 1 aromatic carbocycles. The molecule has 4 aliphatic carbocycles. The molecule has 1 aromatic rings. The molecule has 9 nitrogen and oxygen atoms in total. The first kappa shape index (κ1) is 31.7. The van der Waals surface area contributed by atoms with Crippen molar-refractivity contribution in [3.63, 3.8) is 0 Å². The van der Waals surface area contributed by atoms with Gasteiger partial charge in [-0.1, -0.05) is 64.5 Å². The largest absolute Gasteiger partial charge is 0.497 e. The Labute approximate surface area is 262 Å². The Morgan fingerprint density at radius 3 is 2.14 bits per heavy atom. The van der Waals surface area contributed by atoms with Gasteiger partial charge in [0, 0.05) is 23.9 Å². The van der Waals surface area contributed by atoms with Crippen molar-refractivity contribution < 1.29 is 27.7 Å². The second kappa shape index (κ2) is 12.5. The number of rotatable bonds is 9. The van der Waals surface area contributed by atoms with Crippen molar-refractivity contribution in [1.82, 2.24) is 4.31 Å². The van der Waals surface area contributed by atoms with Crippen molar-refractivity contribution in [2.24, 2.45) is 16.7 Å². The highest BCUT2D eigenvalue weighted by Gasteiger charge is 2.67. The molecule has 2 bridgehead atoms. The fourth-order valence-electron chi connectivity index (χ4n) is 9.52. The van der Waals surface area contributed by atoms with Crippen molar-refractivity contribution >= 4 is 15.9 Å². The van der Waals surface area contributed by atoms with Crippen LogP contribution in [0.4, 0.5) is 0 Å². The third-order valence-corrected chi connectivity index (χ3v) is 14.2. The van der Waals surface area contributed by atoms with Gasteiger partial charge in [0.2, 0.25) is 10.0 Å². The minimum absolute atomic E-state index is 0.0858. The van der Waals surface area contributed by atoms with Crippen LogP contribution in [-0.4, -0.2) is 60.9 Å². The van der Waals surface area contributed by atoms with E-state index in [-0.39, 0.29) is 35.1 Å². The van der Waals surface area contributed by atoms with Crippen LogP contribution in [0.25, 0.3) is 0 Å². The van der Waals surface area contributed by atoms with Gasteiger partial charge in [0.25, 0.3) is 11.2 Å². The number of ether oxygens (including phenoxy) is 2. The summed E-state index contributed by atoms with van der Waals surface area (Å²) < 4.78 is 43.5. The number of sulfonamides is 1. The molecule has 1 aliphatic heterocycles. The smallest absolute Gasteiger partial charge is 0.361 e. The summed E-state index contributed by atoms with van der Waals surface area (Å²) >= 11 is 0. The van der Waals surface area contributed by atoms with Gasteiger partial charge in [0.1, 0.15) is 5.75 Å². The molecule has 0 spiro atoms. The first-order valence-electron chi connectivity index (χ1n) is 16.8. The van der Waals surface area contributed by atoms with Crippen molar-refractivity contribution in [3.05, 3.63) is 40.4 Å². The van der Waals surface area contributed by atoms with E-state index >= 15 is 0 Å². The predicted octanol–water partition coefficient (Wildman–Crippen LogP) is 6.86. The van der Waals surface area contributed by atoms with Crippen LogP contribution in [0.3, 0.4) is 0 Å². The average Bonchev–Trinajstić information content (AvgIpc) is 3.37. The van der Waals surface area contributed by atoms with E-state index in [1.54, 1.807) is 7.11 Å². The van der Waals surface area contributed by atoms with Gasteiger partial charge in [-0.05, 0) is 74.0 Å². The molecule has 0 aromatic heterocycles. The van der Waals surface area contributed by atoms with Gasteiger partial charge in [0.05, 0.1) is 35.7 Å². The second-order valence-corrected chi connectivity index (χ2v) is 16.4.